The topological polar surface area (TPSA) is 61.6 Å². The van der Waals surface area contributed by atoms with Gasteiger partial charge in [-0.3, -0.25) is 10.7 Å². The Hall–Kier alpha value is -1.59. The third kappa shape index (κ3) is 3.95. The van der Waals surface area contributed by atoms with Gasteiger partial charge in [0.05, 0.1) is 0 Å². The predicted molar refractivity (Wildman–Crippen MR) is 88.0 cm³/mol. The Kier molecular flexibility index (Phi) is 6.65. The van der Waals surface area contributed by atoms with Gasteiger partial charge in [0.2, 0.25) is 0 Å². The zero-order valence-electron chi connectivity index (χ0n) is 13.8. The summed E-state index contributed by atoms with van der Waals surface area (Å²) in [6.07, 6.45) is 3.10. The van der Waals surface area contributed by atoms with Crippen molar-refractivity contribution in [1.82, 2.24) is 10.5 Å². The average molecular weight is 292 g/mol. The summed E-state index contributed by atoms with van der Waals surface area (Å²) in [5, 5.41) is 1.27. The van der Waals surface area contributed by atoms with E-state index in [2.05, 4.69) is 32.4 Å². The van der Waals surface area contributed by atoms with Gasteiger partial charge in [0.15, 0.2) is 0 Å². The van der Waals surface area contributed by atoms with Gasteiger partial charge in [-0.15, -0.1) is 0 Å². The number of carbonyl (C=O) groups excluding carboxylic acids is 1. The van der Waals surface area contributed by atoms with E-state index < -0.39 is 0 Å². The van der Waals surface area contributed by atoms with Gasteiger partial charge in [0.25, 0.3) is 0 Å². The second-order valence-corrected chi connectivity index (χ2v) is 5.43. The van der Waals surface area contributed by atoms with Crippen LogP contribution in [0.5, 0.6) is 0 Å². The lowest BCUT2D eigenvalue weighted by molar-refractivity contribution is 0.196. The Bertz CT molecular complexity index is 475. The van der Waals surface area contributed by atoms with Crippen molar-refractivity contribution in [2.75, 3.05) is 19.0 Å². The number of anilines is 1. The first kappa shape index (κ1) is 17.5. The van der Waals surface area contributed by atoms with Crippen molar-refractivity contribution in [1.29, 1.82) is 0 Å². The number of nitrogens with one attached hydrogen (secondary N) is 1. The van der Waals surface area contributed by atoms with E-state index in [1.54, 1.807) is 19.0 Å². The highest BCUT2D eigenvalue weighted by atomic mass is 16.2. The van der Waals surface area contributed by atoms with Crippen LogP contribution in [0.15, 0.2) is 18.2 Å². The third-order valence-corrected chi connectivity index (χ3v) is 3.96. The molecule has 1 rings (SSSR count). The molecule has 1 unspecified atom stereocenters. The van der Waals surface area contributed by atoms with Crippen molar-refractivity contribution >= 4 is 11.7 Å². The smallest absolute Gasteiger partial charge is 0.296 e. The Balaban J connectivity index is 3.25. The van der Waals surface area contributed by atoms with Gasteiger partial charge in [0, 0.05) is 19.8 Å². The van der Waals surface area contributed by atoms with Gasteiger partial charge in [-0.05, 0) is 36.0 Å². The van der Waals surface area contributed by atoms with Crippen molar-refractivity contribution in [3.05, 3.63) is 29.3 Å². The average Bonchev–Trinajstić information content (AvgIpc) is 2.52. The Morgan fingerprint density at radius 3 is 2.52 bits per heavy atom. The zero-order valence-corrected chi connectivity index (χ0v) is 13.8. The molecule has 0 heterocycles. The van der Waals surface area contributed by atoms with E-state index >= 15 is 0 Å². The fraction of sp³-hybridized carbons (Fsp3) is 0.562. The number of nitrogens with zero attached hydrogens (tertiary/aromatic N) is 2. The van der Waals surface area contributed by atoms with Crippen molar-refractivity contribution in [3.63, 3.8) is 0 Å². The number of urea groups is 1. The van der Waals surface area contributed by atoms with E-state index in [0.717, 1.165) is 24.9 Å². The number of hydrogen-bond acceptors (Lipinski definition) is 3. The highest BCUT2D eigenvalue weighted by Gasteiger charge is 2.20. The third-order valence-electron chi connectivity index (χ3n) is 3.96. The Morgan fingerprint density at radius 1 is 1.33 bits per heavy atom. The number of nitrogens with two attached hydrogens (primary N) is 1. The fourth-order valence-corrected chi connectivity index (χ4v) is 2.49. The standard InChI is InChI=1S/C16H28N4O/c1-6-9-14-13(12(3)7-2)10-8-11-15(14)19(4)16(21)20(5)18-17/h8,10-12,18H,6-7,9,17H2,1-5H3. The molecule has 0 spiro atoms. The normalized spacial score (nSPS) is 12.1. The summed E-state index contributed by atoms with van der Waals surface area (Å²) in [5.74, 6) is 5.80. The Morgan fingerprint density at radius 2 is 2.00 bits per heavy atom. The molecule has 0 saturated heterocycles. The molecule has 0 aromatic heterocycles. The molecule has 0 aliphatic heterocycles. The van der Waals surface area contributed by atoms with Crippen LogP contribution in [-0.4, -0.2) is 25.1 Å². The molecular formula is C16H28N4O. The number of rotatable bonds is 6. The molecule has 1 aromatic carbocycles. The summed E-state index contributed by atoms with van der Waals surface area (Å²) >= 11 is 0. The van der Waals surface area contributed by atoms with E-state index in [-0.39, 0.29) is 6.03 Å². The maximum atomic E-state index is 12.3. The molecule has 2 amide bonds. The highest BCUT2D eigenvalue weighted by molar-refractivity contribution is 5.92. The summed E-state index contributed by atoms with van der Waals surface area (Å²) in [6, 6.07) is 6.01. The highest BCUT2D eigenvalue weighted by Crippen LogP contribution is 2.31. The van der Waals surface area contributed by atoms with Crippen LogP contribution in [-0.2, 0) is 6.42 Å². The second kappa shape index (κ2) is 8.00. The molecule has 1 atom stereocenters. The van der Waals surface area contributed by atoms with Crippen LogP contribution in [0.1, 0.15) is 50.7 Å². The molecule has 0 radical (unpaired) electrons. The largest absolute Gasteiger partial charge is 0.339 e. The number of hydrazine groups is 2. The molecule has 1 aromatic rings. The molecule has 3 N–H and O–H groups in total. The quantitative estimate of drug-likeness (QED) is 0.626. The molecular weight excluding hydrogens is 264 g/mol. The molecule has 0 fully saturated rings. The van der Waals surface area contributed by atoms with E-state index in [1.165, 1.54) is 16.1 Å². The van der Waals surface area contributed by atoms with Crippen LogP contribution in [0, 0.1) is 0 Å². The van der Waals surface area contributed by atoms with Crippen molar-refractivity contribution in [2.45, 2.75) is 46.0 Å². The number of amides is 2. The number of benzene rings is 1. The molecule has 0 aliphatic rings. The first-order valence-corrected chi connectivity index (χ1v) is 7.57. The molecule has 0 saturated carbocycles. The predicted octanol–water partition coefficient (Wildman–Crippen LogP) is 3.02. The lowest BCUT2D eigenvalue weighted by Gasteiger charge is -2.27. The maximum Gasteiger partial charge on any atom is 0.339 e. The van der Waals surface area contributed by atoms with E-state index in [0.29, 0.717) is 5.92 Å². The molecule has 21 heavy (non-hydrogen) atoms. The SMILES string of the molecule is CCCc1c(C(C)CC)cccc1N(C)C(=O)N(C)NN. The Labute approximate surface area is 128 Å². The second-order valence-electron chi connectivity index (χ2n) is 5.43. The van der Waals surface area contributed by atoms with Crippen LogP contribution in [0.25, 0.3) is 0 Å². The van der Waals surface area contributed by atoms with Crippen LogP contribution in [0.3, 0.4) is 0 Å². The van der Waals surface area contributed by atoms with Crippen molar-refractivity contribution in [2.24, 2.45) is 5.84 Å². The van der Waals surface area contributed by atoms with Gasteiger partial charge in [-0.25, -0.2) is 9.80 Å². The molecule has 0 aliphatic carbocycles. The number of hydrogen-bond donors (Lipinski definition) is 2. The van der Waals surface area contributed by atoms with Crippen LogP contribution >= 0.6 is 0 Å². The molecule has 0 bridgehead atoms. The minimum Gasteiger partial charge on any atom is -0.296 e. The van der Waals surface area contributed by atoms with Crippen LogP contribution < -0.4 is 16.3 Å². The molecule has 118 valence electrons. The van der Waals surface area contributed by atoms with Gasteiger partial charge in [-0.2, -0.15) is 5.53 Å². The first-order valence-electron chi connectivity index (χ1n) is 7.57. The van der Waals surface area contributed by atoms with Crippen molar-refractivity contribution in [3.8, 4) is 0 Å². The number of carbonyl (C=O) groups is 1. The first-order chi connectivity index (χ1) is 9.97. The van der Waals surface area contributed by atoms with Gasteiger partial charge < -0.3 is 0 Å². The zero-order chi connectivity index (χ0) is 16.0. The summed E-state index contributed by atoms with van der Waals surface area (Å²) in [7, 11) is 3.39. The van der Waals surface area contributed by atoms with E-state index in [1.807, 2.05) is 12.1 Å². The minimum atomic E-state index is -0.184. The van der Waals surface area contributed by atoms with Gasteiger partial charge in [-0.1, -0.05) is 39.3 Å². The fourth-order valence-electron chi connectivity index (χ4n) is 2.49. The van der Waals surface area contributed by atoms with Crippen molar-refractivity contribution < 1.29 is 4.79 Å². The lowest BCUT2D eigenvalue weighted by Crippen LogP contribution is -2.49. The van der Waals surface area contributed by atoms with E-state index in [4.69, 9.17) is 5.84 Å². The monoisotopic (exact) mass is 292 g/mol. The summed E-state index contributed by atoms with van der Waals surface area (Å²) in [4.78, 5) is 13.9. The summed E-state index contributed by atoms with van der Waals surface area (Å²) in [6.45, 7) is 6.58. The van der Waals surface area contributed by atoms with Crippen LogP contribution in [0.2, 0.25) is 0 Å². The van der Waals surface area contributed by atoms with Crippen LogP contribution in [0.4, 0.5) is 10.5 Å². The summed E-state index contributed by atoms with van der Waals surface area (Å²) < 4.78 is 0. The molecule has 5 heteroatoms. The molecule has 5 nitrogen and oxygen atoms in total. The summed E-state index contributed by atoms with van der Waals surface area (Å²) in [5.41, 5.74) is 5.91. The maximum absolute atomic E-state index is 12.3. The van der Waals surface area contributed by atoms with E-state index in [9.17, 15) is 4.79 Å². The van der Waals surface area contributed by atoms with Gasteiger partial charge >= 0.3 is 6.03 Å². The van der Waals surface area contributed by atoms with Gasteiger partial charge in [0.1, 0.15) is 0 Å². The minimum absolute atomic E-state index is 0.184. The lowest BCUT2D eigenvalue weighted by atomic mass is 9.90.